The maximum absolute atomic E-state index is 12.0. The van der Waals surface area contributed by atoms with E-state index in [0.717, 1.165) is 22.6 Å². The van der Waals surface area contributed by atoms with Crippen LogP contribution in [-0.4, -0.2) is 18.0 Å². The molecule has 0 aliphatic carbocycles. The first-order valence-electron chi connectivity index (χ1n) is 7.80. The minimum Gasteiger partial charge on any atom is -0.497 e. The highest BCUT2D eigenvalue weighted by atomic mass is 16.5. The molecule has 1 amide bonds. The van der Waals surface area contributed by atoms with Gasteiger partial charge in [0.2, 0.25) is 5.91 Å². The standard InChI is InChI=1S/C20H18N2O3/c1-14-21-19(13-25-14)16-7-9-17(10-8-16)22-20(23)11-6-15-4-3-5-18(12-15)24-2/h3-13H,1-2H3,(H,22,23). The normalized spacial score (nSPS) is 10.8. The monoisotopic (exact) mass is 334 g/mol. The fraction of sp³-hybridized carbons (Fsp3) is 0.100. The van der Waals surface area contributed by atoms with Crippen LogP contribution in [0, 0.1) is 6.92 Å². The molecule has 3 rings (SSSR count). The molecule has 0 aliphatic heterocycles. The van der Waals surface area contributed by atoms with Crippen molar-refractivity contribution < 1.29 is 13.9 Å². The fourth-order valence-electron chi connectivity index (χ4n) is 2.32. The number of ether oxygens (including phenoxy) is 1. The van der Waals surface area contributed by atoms with Crippen LogP contribution in [-0.2, 0) is 4.79 Å². The molecule has 1 N–H and O–H groups in total. The van der Waals surface area contributed by atoms with E-state index in [1.807, 2.05) is 48.5 Å². The summed E-state index contributed by atoms with van der Waals surface area (Å²) in [4.78, 5) is 16.3. The minimum absolute atomic E-state index is 0.201. The molecule has 3 aromatic rings. The van der Waals surface area contributed by atoms with Gasteiger partial charge in [0.1, 0.15) is 17.7 Å². The van der Waals surface area contributed by atoms with Gasteiger partial charge >= 0.3 is 0 Å². The van der Waals surface area contributed by atoms with Gasteiger partial charge in [0, 0.05) is 24.3 Å². The van der Waals surface area contributed by atoms with Crippen molar-refractivity contribution >= 4 is 17.7 Å². The molecule has 5 nitrogen and oxygen atoms in total. The van der Waals surface area contributed by atoms with Crippen LogP contribution in [0.1, 0.15) is 11.5 Å². The second-order valence-corrected chi connectivity index (χ2v) is 5.43. The van der Waals surface area contributed by atoms with E-state index in [9.17, 15) is 4.79 Å². The molecule has 0 radical (unpaired) electrons. The van der Waals surface area contributed by atoms with Gasteiger partial charge < -0.3 is 14.5 Å². The molecule has 126 valence electrons. The van der Waals surface area contributed by atoms with E-state index >= 15 is 0 Å². The number of nitrogens with one attached hydrogen (secondary N) is 1. The van der Waals surface area contributed by atoms with Crippen LogP contribution in [0.5, 0.6) is 5.75 Å². The average Bonchev–Trinajstić information content (AvgIpc) is 3.07. The van der Waals surface area contributed by atoms with Crippen molar-refractivity contribution in [2.75, 3.05) is 12.4 Å². The molecule has 0 unspecified atom stereocenters. The third-order valence-corrected chi connectivity index (χ3v) is 3.59. The number of aryl methyl sites for hydroxylation is 1. The lowest BCUT2D eigenvalue weighted by Crippen LogP contribution is -2.07. The van der Waals surface area contributed by atoms with Gasteiger partial charge in [-0.1, -0.05) is 24.3 Å². The minimum atomic E-state index is -0.201. The Bertz CT molecular complexity index is 895. The summed E-state index contributed by atoms with van der Waals surface area (Å²) in [5.41, 5.74) is 3.31. The van der Waals surface area contributed by atoms with Crippen LogP contribution in [0.2, 0.25) is 0 Å². The summed E-state index contributed by atoms with van der Waals surface area (Å²) in [6.45, 7) is 1.80. The van der Waals surface area contributed by atoms with Gasteiger partial charge in [0.25, 0.3) is 0 Å². The van der Waals surface area contributed by atoms with E-state index in [0.29, 0.717) is 11.6 Å². The van der Waals surface area contributed by atoms with Crippen molar-refractivity contribution in [3.8, 4) is 17.0 Å². The van der Waals surface area contributed by atoms with Crippen LogP contribution in [0.15, 0.2) is 65.3 Å². The highest BCUT2D eigenvalue weighted by Gasteiger charge is 2.04. The molecule has 0 spiro atoms. The number of carbonyl (C=O) groups excluding carboxylic acids is 1. The second-order valence-electron chi connectivity index (χ2n) is 5.43. The Morgan fingerprint density at radius 1 is 1.20 bits per heavy atom. The van der Waals surface area contributed by atoms with Crippen LogP contribution < -0.4 is 10.1 Å². The second kappa shape index (κ2) is 7.49. The van der Waals surface area contributed by atoms with Crippen molar-refractivity contribution in [1.29, 1.82) is 0 Å². The molecule has 1 heterocycles. The van der Waals surface area contributed by atoms with Crippen LogP contribution in [0.4, 0.5) is 5.69 Å². The predicted molar refractivity (Wildman–Crippen MR) is 97.3 cm³/mol. The summed E-state index contributed by atoms with van der Waals surface area (Å²) in [5, 5.41) is 2.82. The summed E-state index contributed by atoms with van der Waals surface area (Å²) < 4.78 is 10.4. The summed E-state index contributed by atoms with van der Waals surface area (Å²) in [6.07, 6.45) is 4.84. The van der Waals surface area contributed by atoms with Crippen LogP contribution in [0.25, 0.3) is 17.3 Å². The number of carbonyl (C=O) groups is 1. The van der Waals surface area contributed by atoms with E-state index in [2.05, 4.69) is 10.3 Å². The molecule has 0 fully saturated rings. The van der Waals surface area contributed by atoms with E-state index in [1.165, 1.54) is 6.08 Å². The first-order valence-corrected chi connectivity index (χ1v) is 7.80. The van der Waals surface area contributed by atoms with Crippen molar-refractivity contribution in [3.05, 3.63) is 72.3 Å². The topological polar surface area (TPSA) is 64.4 Å². The lowest BCUT2D eigenvalue weighted by Gasteiger charge is -2.03. The Kier molecular flexibility index (Phi) is 4.95. The first kappa shape index (κ1) is 16.5. The molecule has 0 aliphatic rings. The fourth-order valence-corrected chi connectivity index (χ4v) is 2.32. The van der Waals surface area contributed by atoms with Gasteiger partial charge in [-0.2, -0.15) is 0 Å². The summed E-state index contributed by atoms with van der Waals surface area (Å²) in [5.74, 6) is 1.17. The smallest absolute Gasteiger partial charge is 0.248 e. The SMILES string of the molecule is COc1cccc(C=CC(=O)Nc2ccc(-c3coc(C)n3)cc2)c1. The number of amides is 1. The highest BCUT2D eigenvalue weighted by Crippen LogP contribution is 2.21. The zero-order chi connectivity index (χ0) is 17.6. The zero-order valence-electron chi connectivity index (χ0n) is 14.0. The van der Waals surface area contributed by atoms with Crippen molar-refractivity contribution in [2.45, 2.75) is 6.92 Å². The number of benzene rings is 2. The highest BCUT2D eigenvalue weighted by molar-refractivity contribution is 6.02. The third-order valence-electron chi connectivity index (χ3n) is 3.59. The van der Waals surface area contributed by atoms with Gasteiger partial charge in [-0.25, -0.2) is 4.98 Å². The largest absolute Gasteiger partial charge is 0.497 e. The summed E-state index contributed by atoms with van der Waals surface area (Å²) in [6, 6.07) is 14.9. The van der Waals surface area contributed by atoms with E-state index in [-0.39, 0.29) is 5.91 Å². The summed E-state index contributed by atoms with van der Waals surface area (Å²) in [7, 11) is 1.61. The first-order chi connectivity index (χ1) is 12.1. The van der Waals surface area contributed by atoms with Gasteiger partial charge in [-0.3, -0.25) is 4.79 Å². The molecular weight excluding hydrogens is 316 g/mol. The molecule has 5 heteroatoms. The Morgan fingerprint density at radius 2 is 2.00 bits per heavy atom. The average molecular weight is 334 g/mol. The molecular formula is C20H18N2O3. The summed E-state index contributed by atoms with van der Waals surface area (Å²) >= 11 is 0. The predicted octanol–water partition coefficient (Wildman–Crippen LogP) is 4.31. The quantitative estimate of drug-likeness (QED) is 0.706. The van der Waals surface area contributed by atoms with Gasteiger partial charge in [0.05, 0.1) is 7.11 Å². The molecule has 0 saturated carbocycles. The molecule has 2 aromatic carbocycles. The number of aromatic nitrogens is 1. The number of methoxy groups -OCH3 is 1. The van der Waals surface area contributed by atoms with Gasteiger partial charge in [-0.15, -0.1) is 0 Å². The number of rotatable bonds is 5. The third kappa shape index (κ3) is 4.35. The van der Waals surface area contributed by atoms with Crippen LogP contribution >= 0.6 is 0 Å². The lowest BCUT2D eigenvalue weighted by molar-refractivity contribution is -0.111. The van der Waals surface area contributed by atoms with E-state index in [4.69, 9.17) is 9.15 Å². The molecule has 0 saturated heterocycles. The van der Waals surface area contributed by atoms with E-state index < -0.39 is 0 Å². The van der Waals surface area contributed by atoms with Crippen molar-refractivity contribution in [3.63, 3.8) is 0 Å². The number of oxazole rings is 1. The maximum Gasteiger partial charge on any atom is 0.248 e. The van der Waals surface area contributed by atoms with Crippen LogP contribution in [0.3, 0.4) is 0 Å². The number of anilines is 1. The molecule has 25 heavy (non-hydrogen) atoms. The Morgan fingerprint density at radius 3 is 2.68 bits per heavy atom. The Hall–Kier alpha value is -3.34. The Balaban J connectivity index is 1.63. The number of nitrogens with zero attached hydrogens (tertiary/aromatic N) is 1. The maximum atomic E-state index is 12.0. The molecule has 0 atom stereocenters. The lowest BCUT2D eigenvalue weighted by atomic mass is 10.1. The van der Waals surface area contributed by atoms with Crippen molar-refractivity contribution in [1.82, 2.24) is 4.98 Å². The Labute approximate surface area is 146 Å². The molecule has 0 bridgehead atoms. The van der Waals surface area contributed by atoms with Gasteiger partial charge in [0.15, 0.2) is 5.89 Å². The zero-order valence-corrected chi connectivity index (χ0v) is 14.0. The van der Waals surface area contributed by atoms with E-state index in [1.54, 1.807) is 26.4 Å². The number of hydrogen-bond donors (Lipinski definition) is 1. The molecule has 1 aromatic heterocycles. The number of hydrogen-bond acceptors (Lipinski definition) is 4. The van der Waals surface area contributed by atoms with Gasteiger partial charge in [-0.05, 0) is 35.9 Å². The van der Waals surface area contributed by atoms with Crippen molar-refractivity contribution in [2.24, 2.45) is 0 Å².